The normalized spacial score (nSPS) is 23.9. The third-order valence-corrected chi connectivity index (χ3v) is 3.47. The fraction of sp³-hybridized carbons (Fsp3) is 0.900. The van der Waals surface area contributed by atoms with Crippen molar-refractivity contribution in [3.8, 4) is 0 Å². The number of hydrogen-bond donors (Lipinski definition) is 1. The summed E-state index contributed by atoms with van der Waals surface area (Å²) >= 11 is 0. The van der Waals surface area contributed by atoms with Gasteiger partial charge < -0.3 is 4.90 Å². The molecule has 0 aromatic heterocycles. The Morgan fingerprint density at radius 1 is 1.60 bits per heavy atom. The largest absolute Gasteiger partial charge is 0.329 e. The van der Waals surface area contributed by atoms with Crippen molar-refractivity contribution in [2.75, 3.05) is 25.2 Å². The maximum Gasteiger partial charge on any atom is 0.241 e. The van der Waals surface area contributed by atoms with E-state index >= 15 is 0 Å². The van der Waals surface area contributed by atoms with Crippen molar-refractivity contribution in [2.24, 2.45) is 5.92 Å². The molecule has 5 heteroatoms. The SMILES string of the molecule is CC(C)C1NCN(CCCS(C)=O)C1=O. The van der Waals surface area contributed by atoms with E-state index in [-0.39, 0.29) is 11.9 Å². The maximum atomic E-state index is 11.8. The predicted molar refractivity (Wildman–Crippen MR) is 61.9 cm³/mol. The van der Waals surface area contributed by atoms with Gasteiger partial charge in [-0.05, 0) is 12.3 Å². The molecule has 2 unspecified atom stereocenters. The summed E-state index contributed by atoms with van der Waals surface area (Å²) < 4.78 is 10.9. The van der Waals surface area contributed by atoms with Gasteiger partial charge in [0.1, 0.15) is 0 Å². The highest BCUT2D eigenvalue weighted by atomic mass is 32.2. The van der Waals surface area contributed by atoms with Crippen LogP contribution in [0.4, 0.5) is 0 Å². The molecule has 1 fully saturated rings. The lowest BCUT2D eigenvalue weighted by Crippen LogP contribution is -2.35. The van der Waals surface area contributed by atoms with Gasteiger partial charge in [0, 0.05) is 29.4 Å². The van der Waals surface area contributed by atoms with E-state index in [2.05, 4.69) is 5.32 Å². The first-order chi connectivity index (χ1) is 7.02. The fourth-order valence-electron chi connectivity index (χ4n) is 1.74. The van der Waals surface area contributed by atoms with Crippen molar-refractivity contribution in [1.29, 1.82) is 0 Å². The zero-order valence-electron chi connectivity index (χ0n) is 9.66. The van der Waals surface area contributed by atoms with Crippen LogP contribution in [-0.2, 0) is 15.6 Å². The molecule has 1 saturated heterocycles. The average molecular weight is 232 g/mol. The Bertz CT molecular complexity index is 256. The van der Waals surface area contributed by atoms with Gasteiger partial charge in [-0.2, -0.15) is 0 Å². The molecule has 0 aromatic rings. The van der Waals surface area contributed by atoms with Crippen LogP contribution < -0.4 is 5.32 Å². The molecular weight excluding hydrogens is 212 g/mol. The summed E-state index contributed by atoms with van der Waals surface area (Å²) in [5.41, 5.74) is 0. The smallest absolute Gasteiger partial charge is 0.241 e. The molecule has 1 amide bonds. The number of carbonyl (C=O) groups excluding carboxylic acids is 1. The van der Waals surface area contributed by atoms with Crippen molar-refractivity contribution in [2.45, 2.75) is 26.3 Å². The first-order valence-corrected chi connectivity index (χ1v) is 7.07. The Balaban J connectivity index is 2.33. The number of nitrogens with one attached hydrogen (secondary N) is 1. The quantitative estimate of drug-likeness (QED) is 0.735. The van der Waals surface area contributed by atoms with E-state index in [9.17, 15) is 9.00 Å². The summed E-state index contributed by atoms with van der Waals surface area (Å²) in [7, 11) is -0.753. The molecule has 1 aliphatic heterocycles. The van der Waals surface area contributed by atoms with Gasteiger partial charge in [0.15, 0.2) is 0 Å². The number of amides is 1. The van der Waals surface area contributed by atoms with Crippen molar-refractivity contribution in [3.63, 3.8) is 0 Å². The summed E-state index contributed by atoms with van der Waals surface area (Å²) in [6.45, 7) is 5.44. The number of nitrogens with zero attached hydrogens (tertiary/aromatic N) is 1. The first kappa shape index (κ1) is 12.6. The van der Waals surface area contributed by atoms with E-state index in [1.807, 2.05) is 18.7 Å². The van der Waals surface area contributed by atoms with E-state index in [0.717, 1.165) is 6.42 Å². The van der Waals surface area contributed by atoms with Crippen LogP contribution in [0, 0.1) is 5.92 Å². The van der Waals surface area contributed by atoms with Gasteiger partial charge in [-0.3, -0.25) is 14.3 Å². The average Bonchev–Trinajstić information content (AvgIpc) is 2.47. The summed E-state index contributed by atoms with van der Waals surface area (Å²) in [5, 5.41) is 3.19. The lowest BCUT2D eigenvalue weighted by Gasteiger charge is -2.16. The Kier molecular flexibility index (Phi) is 4.73. The van der Waals surface area contributed by atoms with Gasteiger partial charge in [-0.15, -0.1) is 0 Å². The van der Waals surface area contributed by atoms with Crippen molar-refractivity contribution in [1.82, 2.24) is 10.2 Å². The van der Waals surface area contributed by atoms with E-state index in [1.54, 1.807) is 6.26 Å². The molecule has 0 radical (unpaired) electrons. The maximum absolute atomic E-state index is 11.8. The molecule has 1 N–H and O–H groups in total. The van der Waals surface area contributed by atoms with Gasteiger partial charge in [-0.25, -0.2) is 0 Å². The van der Waals surface area contributed by atoms with Gasteiger partial charge >= 0.3 is 0 Å². The van der Waals surface area contributed by atoms with Gasteiger partial charge in [0.25, 0.3) is 0 Å². The zero-order chi connectivity index (χ0) is 11.4. The highest BCUT2D eigenvalue weighted by Gasteiger charge is 2.32. The van der Waals surface area contributed by atoms with Crippen LogP contribution in [-0.4, -0.2) is 46.3 Å². The Morgan fingerprint density at radius 2 is 2.27 bits per heavy atom. The summed E-state index contributed by atoms with van der Waals surface area (Å²) in [4.78, 5) is 13.6. The van der Waals surface area contributed by atoms with Crippen LogP contribution >= 0.6 is 0 Å². The fourth-order valence-corrected chi connectivity index (χ4v) is 2.27. The highest BCUT2D eigenvalue weighted by Crippen LogP contribution is 2.11. The highest BCUT2D eigenvalue weighted by molar-refractivity contribution is 7.84. The summed E-state index contributed by atoms with van der Waals surface area (Å²) in [6, 6.07) is -0.0304. The number of hydrogen-bond acceptors (Lipinski definition) is 3. The molecule has 4 nitrogen and oxygen atoms in total. The molecule has 88 valence electrons. The van der Waals surface area contributed by atoms with Crippen LogP contribution in [0.2, 0.25) is 0 Å². The molecule has 0 saturated carbocycles. The topological polar surface area (TPSA) is 49.4 Å². The van der Waals surface area contributed by atoms with Crippen LogP contribution in [0.25, 0.3) is 0 Å². The lowest BCUT2D eigenvalue weighted by atomic mass is 10.1. The number of rotatable bonds is 5. The molecule has 0 aromatic carbocycles. The molecule has 0 aliphatic carbocycles. The Morgan fingerprint density at radius 3 is 2.73 bits per heavy atom. The second kappa shape index (κ2) is 5.61. The van der Waals surface area contributed by atoms with Crippen LogP contribution in [0.15, 0.2) is 0 Å². The second-order valence-corrected chi connectivity index (χ2v) is 5.87. The van der Waals surface area contributed by atoms with E-state index in [4.69, 9.17) is 0 Å². The van der Waals surface area contributed by atoms with Crippen molar-refractivity contribution in [3.05, 3.63) is 0 Å². The van der Waals surface area contributed by atoms with Crippen molar-refractivity contribution < 1.29 is 9.00 Å². The molecule has 0 bridgehead atoms. The molecule has 1 aliphatic rings. The number of carbonyl (C=O) groups is 1. The second-order valence-electron chi connectivity index (χ2n) is 4.32. The van der Waals surface area contributed by atoms with E-state index in [1.165, 1.54) is 0 Å². The van der Waals surface area contributed by atoms with Crippen LogP contribution in [0.5, 0.6) is 0 Å². The monoisotopic (exact) mass is 232 g/mol. The molecule has 15 heavy (non-hydrogen) atoms. The Hall–Kier alpha value is -0.420. The minimum absolute atomic E-state index is 0.0304. The van der Waals surface area contributed by atoms with E-state index < -0.39 is 10.8 Å². The summed E-state index contributed by atoms with van der Waals surface area (Å²) in [5.74, 6) is 1.20. The van der Waals surface area contributed by atoms with E-state index in [0.29, 0.717) is 24.9 Å². The predicted octanol–water partition coefficient (Wildman–Crippen LogP) is 0.169. The standard InChI is InChI=1S/C10H20N2O2S/c1-8(2)9-10(13)12(7-11-9)5-4-6-15(3)14/h8-9,11H,4-7H2,1-3H3. The molecule has 0 spiro atoms. The zero-order valence-corrected chi connectivity index (χ0v) is 10.5. The molecule has 1 rings (SSSR count). The van der Waals surface area contributed by atoms with Gasteiger partial charge in [0.05, 0.1) is 12.7 Å². The van der Waals surface area contributed by atoms with Gasteiger partial charge in [0.2, 0.25) is 5.91 Å². The third kappa shape index (κ3) is 3.57. The summed E-state index contributed by atoms with van der Waals surface area (Å²) in [6.07, 6.45) is 2.52. The first-order valence-electron chi connectivity index (χ1n) is 5.34. The molecule has 1 heterocycles. The minimum Gasteiger partial charge on any atom is -0.329 e. The van der Waals surface area contributed by atoms with Crippen molar-refractivity contribution >= 4 is 16.7 Å². The molecular formula is C10H20N2O2S. The third-order valence-electron chi connectivity index (χ3n) is 2.61. The Labute approximate surface area is 93.9 Å². The van der Waals surface area contributed by atoms with Gasteiger partial charge in [-0.1, -0.05) is 13.8 Å². The molecule has 2 atom stereocenters. The lowest BCUT2D eigenvalue weighted by molar-refractivity contribution is -0.129. The van der Waals surface area contributed by atoms with Crippen LogP contribution in [0.3, 0.4) is 0 Å². The van der Waals surface area contributed by atoms with Crippen LogP contribution in [0.1, 0.15) is 20.3 Å². The minimum atomic E-state index is -0.753.